The van der Waals surface area contributed by atoms with Crippen molar-refractivity contribution in [2.24, 2.45) is 0 Å². The van der Waals surface area contributed by atoms with Gasteiger partial charge < -0.3 is 9.30 Å². The van der Waals surface area contributed by atoms with Crippen LogP contribution in [0.5, 0.6) is 11.5 Å². The molecule has 7 aromatic rings. The minimum absolute atomic E-state index is 0. The van der Waals surface area contributed by atoms with Crippen molar-refractivity contribution in [3.8, 4) is 40.2 Å². The number of aryl methyl sites for hydroxylation is 4. The van der Waals surface area contributed by atoms with E-state index in [1.165, 1.54) is 29.0 Å². The van der Waals surface area contributed by atoms with E-state index in [4.69, 9.17) is 13.9 Å². The van der Waals surface area contributed by atoms with Crippen LogP contribution in [0.3, 0.4) is 0 Å². The van der Waals surface area contributed by atoms with Crippen LogP contribution in [0, 0.1) is 51.1 Å². The molecular weight excluding hydrogens is 726 g/mol. The molecule has 0 spiro atoms. The van der Waals surface area contributed by atoms with Crippen molar-refractivity contribution in [3.05, 3.63) is 131 Å². The van der Waals surface area contributed by atoms with Crippen LogP contribution in [0.1, 0.15) is 32.1 Å². The van der Waals surface area contributed by atoms with Crippen molar-refractivity contribution in [1.29, 1.82) is 5.26 Å². The van der Waals surface area contributed by atoms with Gasteiger partial charge in [-0.25, -0.2) is 4.98 Å². The zero-order valence-corrected chi connectivity index (χ0v) is 26.4. The molecule has 0 aliphatic heterocycles. The number of rotatable bonds is 5. The molecule has 3 aromatic heterocycles. The molecule has 7 heteroatoms. The second-order valence-electron chi connectivity index (χ2n) is 10.5. The summed E-state index contributed by atoms with van der Waals surface area (Å²) in [6.07, 6.45) is 3.51. The zero-order valence-electron chi connectivity index (χ0n) is 27.1. The summed E-state index contributed by atoms with van der Waals surface area (Å²) in [5.41, 5.74) is 8.35. The maximum atomic E-state index is 9.56. The van der Waals surface area contributed by atoms with Gasteiger partial charge in [0.1, 0.15) is 5.82 Å². The van der Waals surface area contributed by atoms with E-state index >= 15 is 0 Å². The standard InChI is InChI=1S/C37H27N5O.Pt/c1-23-15-16-39-36(17-23)42-34-14-11-27(21-38)18-32(34)31-13-12-30(20-35(31)42)43-29-10-6-9-28(19-29)41-22-33(26(4)40-41)37-24(2)7-5-8-25(37)3;/h5-18,22H,1-4H3;/q-2;+2/i1D3;. The largest absolute Gasteiger partial charge is 2.00 e. The van der Waals surface area contributed by atoms with E-state index in [1.807, 2.05) is 64.8 Å². The first-order valence-electron chi connectivity index (χ1n) is 15.3. The molecule has 0 bridgehead atoms. The third kappa shape index (κ3) is 5.10. The van der Waals surface area contributed by atoms with Crippen molar-refractivity contribution in [3.63, 3.8) is 0 Å². The van der Waals surface area contributed by atoms with Crippen LogP contribution in [0.2, 0.25) is 0 Å². The third-order valence-corrected chi connectivity index (χ3v) is 7.62. The Morgan fingerprint density at radius 3 is 2.48 bits per heavy atom. The Morgan fingerprint density at radius 2 is 1.68 bits per heavy atom. The molecule has 0 aliphatic carbocycles. The van der Waals surface area contributed by atoms with E-state index in [-0.39, 0.29) is 26.6 Å². The number of nitriles is 1. The van der Waals surface area contributed by atoms with Gasteiger partial charge in [0.2, 0.25) is 0 Å². The minimum Gasteiger partial charge on any atom is -0.509 e. The van der Waals surface area contributed by atoms with Gasteiger partial charge in [-0.1, -0.05) is 23.7 Å². The summed E-state index contributed by atoms with van der Waals surface area (Å²) in [6, 6.07) is 33.0. The molecule has 6 nitrogen and oxygen atoms in total. The van der Waals surface area contributed by atoms with E-state index in [1.54, 1.807) is 12.1 Å². The SMILES string of the molecule is [2H]C([2H])([2H])c1ccnc(-n2c3[c-]c(Oc4[c-]c(-n5cc(-c6c(C)cccc6C)c(C)n5)ccc4)ccc3c3cc(C#N)ccc32)c1.[Pt+2]. The molecule has 0 saturated carbocycles. The number of ether oxygens (including phenoxy) is 1. The average Bonchev–Trinajstić information content (AvgIpc) is 3.57. The Hall–Kier alpha value is -4.98. The Morgan fingerprint density at radius 1 is 0.886 bits per heavy atom. The molecular formula is C37H27N5OPt. The van der Waals surface area contributed by atoms with Crippen molar-refractivity contribution in [2.45, 2.75) is 27.6 Å². The molecule has 4 aromatic carbocycles. The van der Waals surface area contributed by atoms with Gasteiger partial charge in [-0.3, -0.25) is 4.68 Å². The van der Waals surface area contributed by atoms with E-state index in [0.29, 0.717) is 28.4 Å². The predicted octanol–water partition coefficient (Wildman–Crippen LogP) is 8.53. The molecule has 0 atom stereocenters. The van der Waals surface area contributed by atoms with Gasteiger partial charge in [0, 0.05) is 39.1 Å². The van der Waals surface area contributed by atoms with Crippen LogP contribution in [-0.4, -0.2) is 19.3 Å². The maximum Gasteiger partial charge on any atom is 2.00 e. The van der Waals surface area contributed by atoms with Crippen LogP contribution in [0.15, 0.2) is 91.3 Å². The van der Waals surface area contributed by atoms with Crippen molar-refractivity contribution in [2.75, 3.05) is 0 Å². The second kappa shape index (κ2) is 11.6. The first-order chi connectivity index (χ1) is 22.1. The molecule has 0 fully saturated rings. The smallest absolute Gasteiger partial charge is 0.509 e. The summed E-state index contributed by atoms with van der Waals surface area (Å²) in [7, 11) is 0. The molecule has 3 heterocycles. The Labute approximate surface area is 274 Å². The molecule has 0 saturated heterocycles. The number of nitrogens with zero attached hydrogens (tertiary/aromatic N) is 5. The molecule has 7 rings (SSSR count). The third-order valence-electron chi connectivity index (χ3n) is 7.62. The quantitative estimate of drug-likeness (QED) is 0.165. The number of hydrogen-bond donors (Lipinski definition) is 0. The summed E-state index contributed by atoms with van der Waals surface area (Å²) in [5.74, 6) is 1.34. The van der Waals surface area contributed by atoms with Crippen molar-refractivity contribution >= 4 is 21.8 Å². The number of fused-ring (bicyclic) bond motifs is 3. The number of hydrogen-bond acceptors (Lipinski definition) is 4. The van der Waals surface area contributed by atoms with Crippen molar-refractivity contribution < 1.29 is 29.9 Å². The minimum atomic E-state index is -2.30. The van der Waals surface area contributed by atoms with Gasteiger partial charge in [0.25, 0.3) is 0 Å². The molecule has 0 aliphatic rings. The van der Waals surface area contributed by atoms with E-state index in [2.05, 4.69) is 55.2 Å². The fraction of sp³-hybridized carbons (Fsp3) is 0.108. The number of pyridine rings is 1. The monoisotopic (exact) mass is 755 g/mol. The summed E-state index contributed by atoms with van der Waals surface area (Å²) in [5, 5.41) is 16.0. The normalized spacial score (nSPS) is 12.3. The Balaban J connectivity index is 0.00000386. The average molecular weight is 756 g/mol. The predicted molar refractivity (Wildman–Crippen MR) is 169 cm³/mol. The molecule has 0 unspecified atom stereocenters. The molecule has 44 heavy (non-hydrogen) atoms. The fourth-order valence-electron chi connectivity index (χ4n) is 5.65. The van der Waals surface area contributed by atoms with Gasteiger partial charge in [-0.05, 0) is 91.3 Å². The van der Waals surface area contributed by atoms with Gasteiger partial charge >= 0.3 is 21.1 Å². The summed E-state index contributed by atoms with van der Waals surface area (Å²) in [6.45, 7) is 3.92. The number of benzene rings is 4. The van der Waals surface area contributed by atoms with E-state index in [9.17, 15) is 5.26 Å². The maximum absolute atomic E-state index is 9.56. The van der Waals surface area contributed by atoms with E-state index < -0.39 is 6.85 Å². The van der Waals surface area contributed by atoms with Crippen LogP contribution in [0.25, 0.3) is 44.4 Å². The molecule has 0 N–H and O–H groups in total. The zero-order chi connectivity index (χ0) is 32.2. The summed E-state index contributed by atoms with van der Waals surface area (Å²) < 4.78 is 33.7. The summed E-state index contributed by atoms with van der Waals surface area (Å²) in [4.78, 5) is 4.51. The topological polar surface area (TPSA) is 68.7 Å². The van der Waals surface area contributed by atoms with E-state index in [0.717, 1.165) is 33.2 Å². The number of aromatic nitrogens is 4. The van der Waals surface area contributed by atoms with Crippen LogP contribution in [-0.2, 0) is 21.1 Å². The Bertz CT molecular complexity index is 2330. The van der Waals surface area contributed by atoms with Gasteiger partial charge in [-0.15, -0.1) is 35.7 Å². The van der Waals surface area contributed by atoms with Gasteiger partial charge in [0.05, 0.1) is 17.3 Å². The van der Waals surface area contributed by atoms with Crippen molar-refractivity contribution in [1.82, 2.24) is 19.3 Å². The van der Waals surface area contributed by atoms with Crippen LogP contribution in [0.4, 0.5) is 0 Å². The van der Waals surface area contributed by atoms with Crippen LogP contribution < -0.4 is 4.74 Å². The van der Waals surface area contributed by atoms with Gasteiger partial charge in [-0.2, -0.15) is 22.5 Å². The second-order valence-corrected chi connectivity index (χ2v) is 10.5. The molecule has 0 radical (unpaired) electrons. The van der Waals surface area contributed by atoms with Crippen LogP contribution >= 0.6 is 0 Å². The summed E-state index contributed by atoms with van der Waals surface area (Å²) >= 11 is 0. The molecule has 216 valence electrons. The first kappa shape index (κ1) is 25.5. The Kier molecular flexibility index (Phi) is 6.73. The molecule has 0 amide bonds. The van der Waals surface area contributed by atoms with Gasteiger partial charge in [0.15, 0.2) is 0 Å². The first-order valence-corrected chi connectivity index (χ1v) is 13.8. The fourth-order valence-corrected chi connectivity index (χ4v) is 5.65.